The molecule has 7 heteroatoms. The highest BCUT2D eigenvalue weighted by Crippen LogP contribution is 2.42. The number of fused-ring (bicyclic) bond motifs is 1. The number of esters is 1. The van der Waals surface area contributed by atoms with E-state index in [-0.39, 0.29) is 18.6 Å². The van der Waals surface area contributed by atoms with Gasteiger partial charge in [0.25, 0.3) is 0 Å². The molecule has 0 saturated heterocycles. The van der Waals surface area contributed by atoms with E-state index in [1.165, 1.54) is 27.4 Å². The number of hydrogen-bond donors (Lipinski definition) is 0. The van der Waals surface area contributed by atoms with Gasteiger partial charge in [-0.15, -0.1) is 0 Å². The van der Waals surface area contributed by atoms with Crippen LogP contribution in [0.1, 0.15) is 47.9 Å². The Labute approximate surface area is 169 Å². The Morgan fingerprint density at radius 3 is 2.34 bits per heavy atom. The monoisotopic (exact) mass is 403 g/mol. The third-order valence-electron chi connectivity index (χ3n) is 4.73. The zero-order valence-corrected chi connectivity index (χ0v) is 17.2. The van der Waals surface area contributed by atoms with Crippen molar-refractivity contribution in [1.29, 1.82) is 0 Å². The largest absolute Gasteiger partial charge is 0.493 e. The van der Waals surface area contributed by atoms with E-state index < -0.39 is 17.7 Å². The summed E-state index contributed by atoms with van der Waals surface area (Å²) in [7, 11) is 4.53. The molecule has 3 rings (SSSR count). The summed E-state index contributed by atoms with van der Waals surface area (Å²) in [6.45, 7) is 3.67. The maximum Gasteiger partial charge on any atom is 0.338 e. The molecule has 0 aromatic heterocycles. The van der Waals surface area contributed by atoms with Crippen molar-refractivity contribution in [1.82, 2.24) is 0 Å². The topological polar surface area (TPSA) is 63.2 Å². The molecule has 0 fully saturated rings. The minimum atomic E-state index is -1.20. The molecule has 1 atom stereocenters. The summed E-state index contributed by atoms with van der Waals surface area (Å²) < 4.78 is 41.6. The van der Waals surface area contributed by atoms with Crippen LogP contribution in [0.4, 0.5) is 4.39 Å². The second kappa shape index (κ2) is 8.19. The first kappa shape index (κ1) is 20.8. The van der Waals surface area contributed by atoms with Crippen LogP contribution in [0.2, 0.25) is 0 Å². The van der Waals surface area contributed by atoms with Gasteiger partial charge < -0.3 is 23.7 Å². The molecule has 1 unspecified atom stereocenters. The molecule has 0 amide bonds. The summed E-state index contributed by atoms with van der Waals surface area (Å²) in [4.78, 5) is 12.5. The van der Waals surface area contributed by atoms with Gasteiger partial charge in [0.2, 0.25) is 5.75 Å². The van der Waals surface area contributed by atoms with E-state index in [0.717, 1.165) is 0 Å². The summed E-state index contributed by atoms with van der Waals surface area (Å²) >= 11 is 0. The second-order valence-electron chi connectivity index (χ2n) is 7.40. The van der Waals surface area contributed by atoms with E-state index in [1.54, 1.807) is 24.3 Å². The van der Waals surface area contributed by atoms with Crippen molar-refractivity contribution in [3.63, 3.8) is 0 Å². The number of benzene rings is 2. The third kappa shape index (κ3) is 4.39. The first-order valence-electron chi connectivity index (χ1n) is 9.21. The van der Waals surface area contributed by atoms with Crippen molar-refractivity contribution in [3.8, 4) is 23.0 Å². The molecule has 1 aliphatic rings. The Kier molecular flexibility index (Phi) is 5.86. The van der Waals surface area contributed by atoms with Gasteiger partial charge in [0.1, 0.15) is 24.1 Å². The number of carbonyl (C=O) groups excluding carboxylic acids is 1. The molecule has 0 saturated carbocycles. The van der Waals surface area contributed by atoms with Gasteiger partial charge in [0.15, 0.2) is 11.5 Å². The lowest BCUT2D eigenvalue weighted by Gasteiger charge is -2.34. The SMILES string of the molecule is COc1cc(COC(=O)c2ccc3c(c2)C([18F])CC(C)(C)O3)cc(OC)c1OC. The smallest absolute Gasteiger partial charge is 0.338 e. The number of hydrogen-bond acceptors (Lipinski definition) is 6. The number of halogens is 1. The molecule has 1 aliphatic heterocycles. The lowest BCUT2D eigenvalue weighted by Crippen LogP contribution is -2.33. The third-order valence-corrected chi connectivity index (χ3v) is 4.73. The predicted octanol–water partition coefficient (Wildman–Crippen LogP) is 4.64. The average molecular weight is 403 g/mol. The summed E-state index contributed by atoms with van der Waals surface area (Å²) in [6.07, 6.45) is -0.971. The molecule has 2 aromatic carbocycles. The van der Waals surface area contributed by atoms with Crippen molar-refractivity contribution >= 4 is 5.97 Å². The molecule has 0 aliphatic carbocycles. The van der Waals surface area contributed by atoms with Crippen LogP contribution >= 0.6 is 0 Å². The fraction of sp³-hybridized carbons (Fsp3) is 0.409. The zero-order valence-electron chi connectivity index (χ0n) is 17.2. The lowest BCUT2D eigenvalue weighted by molar-refractivity contribution is 0.0433. The fourth-order valence-electron chi connectivity index (χ4n) is 3.34. The molecule has 6 nitrogen and oxygen atoms in total. The Morgan fingerprint density at radius 1 is 1.10 bits per heavy atom. The van der Waals surface area contributed by atoms with Gasteiger partial charge in [0, 0.05) is 12.0 Å². The first-order valence-corrected chi connectivity index (χ1v) is 9.21. The maximum atomic E-state index is 14.5. The van der Waals surface area contributed by atoms with E-state index in [4.69, 9.17) is 23.7 Å². The normalized spacial score (nSPS) is 17.0. The van der Waals surface area contributed by atoms with Crippen molar-refractivity contribution < 1.29 is 32.9 Å². The summed E-state index contributed by atoms with van der Waals surface area (Å²) in [5.74, 6) is 1.28. The number of alkyl halides is 1. The Bertz CT molecular complexity index is 883. The summed E-state index contributed by atoms with van der Waals surface area (Å²) in [6, 6.07) is 8.08. The van der Waals surface area contributed by atoms with Crippen molar-refractivity contribution in [2.75, 3.05) is 21.3 Å². The molecule has 0 radical (unpaired) electrons. The van der Waals surface area contributed by atoms with Crippen LogP contribution in [0.5, 0.6) is 23.0 Å². The predicted molar refractivity (Wildman–Crippen MR) is 105 cm³/mol. The quantitative estimate of drug-likeness (QED) is 0.655. The number of carbonyl (C=O) groups is 1. The molecule has 0 N–H and O–H groups in total. The summed E-state index contributed by atoms with van der Waals surface area (Å²) in [5, 5.41) is 0. The van der Waals surface area contributed by atoms with Crippen LogP contribution in [0.3, 0.4) is 0 Å². The Hall–Kier alpha value is -2.96. The minimum absolute atomic E-state index is 0.00474. The molecular formula is C22H25FO6. The van der Waals surface area contributed by atoms with Gasteiger partial charge in [-0.2, -0.15) is 0 Å². The molecule has 156 valence electrons. The highest BCUT2D eigenvalue weighted by molar-refractivity contribution is 5.90. The van der Waals surface area contributed by atoms with Gasteiger partial charge in [-0.25, -0.2) is 9.18 Å². The van der Waals surface area contributed by atoms with E-state index in [0.29, 0.717) is 34.1 Å². The number of rotatable bonds is 6. The number of methoxy groups -OCH3 is 3. The van der Waals surface area contributed by atoms with E-state index in [1.807, 2.05) is 13.8 Å². The van der Waals surface area contributed by atoms with Crippen LogP contribution < -0.4 is 18.9 Å². The van der Waals surface area contributed by atoms with Gasteiger partial charge >= 0.3 is 5.97 Å². The van der Waals surface area contributed by atoms with Crippen LogP contribution in [-0.4, -0.2) is 32.9 Å². The van der Waals surface area contributed by atoms with Crippen LogP contribution in [-0.2, 0) is 11.3 Å². The number of ether oxygens (including phenoxy) is 5. The molecule has 2 aromatic rings. The van der Waals surface area contributed by atoms with E-state index in [2.05, 4.69) is 0 Å². The minimum Gasteiger partial charge on any atom is -0.493 e. The first-order chi connectivity index (χ1) is 13.8. The van der Waals surface area contributed by atoms with Crippen molar-refractivity contribution in [2.45, 2.75) is 38.6 Å². The van der Waals surface area contributed by atoms with E-state index >= 15 is 0 Å². The van der Waals surface area contributed by atoms with Crippen LogP contribution in [0, 0.1) is 0 Å². The highest BCUT2D eigenvalue weighted by Gasteiger charge is 2.34. The van der Waals surface area contributed by atoms with Gasteiger partial charge in [-0.1, -0.05) is 0 Å². The van der Waals surface area contributed by atoms with Gasteiger partial charge in [-0.3, -0.25) is 0 Å². The molecule has 0 spiro atoms. The standard InChI is InChI=1S/C22H25FO6/c1-22(2)11-16(23)15-10-14(6-7-17(15)29-22)21(24)28-12-13-8-18(25-3)20(27-5)19(9-13)26-4/h6-10,16H,11-12H2,1-5H3/i23-1. The van der Waals surface area contributed by atoms with E-state index in [9.17, 15) is 9.18 Å². The van der Waals surface area contributed by atoms with Gasteiger partial charge in [-0.05, 0) is 49.7 Å². The Morgan fingerprint density at radius 2 is 1.76 bits per heavy atom. The zero-order chi connectivity index (χ0) is 21.2. The maximum absolute atomic E-state index is 14.5. The van der Waals surface area contributed by atoms with Gasteiger partial charge in [0.05, 0.1) is 26.9 Å². The van der Waals surface area contributed by atoms with Crippen molar-refractivity contribution in [2.24, 2.45) is 0 Å². The average Bonchev–Trinajstić information content (AvgIpc) is 2.69. The van der Waals surface area contributed by atoms with Crippen LogP contribution in [0.15, 0.2) is 30.3 Å². The molecular weight excluding hydrogens is 378 g/mol. The summed E-state index contributed by atoms with van der Waals surface area (Å²) in [5.41, 5.74) is 0.717. The second-order valence-corrected chi connectivity index (χ2v) is 7.40. The van der Waals surface area contributed by atoms with Crippen molar-refractivity contribution in [3.05, 3.63) is 47.0 Å². The molecule has 29 heavy (non-hydrogen) atoms. The highest BCUT2D eigenvalue weighted by atomic mass is 18.2. The fourth-order valence-corrected chi connectivity index (χ4v) is 3.34. The Balaban J connectivity index is 1.76. The lowest BCUT2D eigenvalue weighted by atomic mass is 9.91. The molecule has 0 bridgehead atoms. The molecule has 1 heterocycles. The van der Waals surface area contributed by atoms with Crippen LogP contribution in [0.25, 0.3) is 0 Å².